The quantitative estimate of drug-likeness (QED) is 0.801. The fourth-order valence-electron chi connectivity index (χ4n) is 3.23. The summed E-state index contributed by atoms with van der Waals surface area (Å²) in [6, 6.07) is 10.5. The molecule has 0 spiro atoms. The second-order valence-electron chi connectivity index (χ2n) is 6.09. The van der Waals surface area contributed by atoms with Gasteiger partial charge in [-0.1, -0.05) is 43.2 Å². The third kappa shape index (κ3) is 4.29. The maximum atomic E-state index is 12.0. The predicted molar refractivity (Wildman–Crippen MR) is 84.2 cm³/mol. The summed E-state index contributed by atoms with van der Waals surface area (Å²) in [7, 11) is 1.85. The summed E-state index contributed by atoms with van der Waals surface area (Å²) in [5.41, 5.74) is 1.44. The van der Waals surface area contributed by atoms with E-state index in [9.17, 15) is 4.79 Å². The molecule has 0 unspecified atom stereocenters. The molecule has 21 heavy (non-hydrogen) atoms. The normalized spacial score (nSPS) is 17.1. The Bertz CT molecular complexity index is 441. The van der Waals surface area contributed by atoms with Gasteiger partial charge in [0.25, 0.3) is 0 Å². The molecule has 0 atom stereocenters. The van der Waals surface area contributed by atoms with Crippen molar-refractivity contribution < 1.29 is 9.90 Å². The van der Waals surface area contributed by atoms with Crippen LogP contribution in [0.5, 0.6) is 0 Å². The van der Waals surface area contributed by atoms with Crippen molar-refractivity contribution in [1.82, 2.24) is 10.2 Å². The molecular formula is C17H26N2O2. The molecule has 1 aliphatic carbocycles. The number of hydrogen-bond acceptors (Lipinski definition) is 3. The Kier molecular flexibility index (Phi) is 5.76. The molecule has 0 aliphatic heterocycles. The van der Waals surface area contributed by atoms with E-state index in [1.807, 2.05) is 18.0 Å². The lowest BCUT2D eigenvalue weighted by molar-refractivity contribution is -0.122. The van der Waals surface area contributed by atoms with E-state index in [0.717, 1.165) is 12.8 Å². The van der Waals surface area contributed by atoms with Gasteiger partial charge in [-0.15, -0.1) is 0 Å². The van der Waals surface area contributed by atoms with Crippen molar-refractivity contribution in [3.05, 3.63) is 35.9 Å². The number of aliphatic hydroxyl groups excluding tert-OH is 1. The summed E-state index contributed by atoms with van der Waals surface area (Å²) in [6.45, 7) is 1.66. The lowest BCUT2D eigenvalue weighted by Crippen LogP contribution is -2.43. The highest BCUT2D eigenvalue weighted by Crippen LogP contribution is 2.40. The van der Waals surface area contributed by atoms with Crippen LogP contribution in [-0.4, -0.2) is 49.2 Å². The molecule has 1 fully saturated rings. The van der Waals surface area contributed by atoms with E-state index in [-0.39, 0.29) is 17.9 Å². The Morgan fingerprint density at radius 3 is 2.57 bits per heavy atom. The fraction of sp³-hybridized carbons (Fsp3) is 0.588. The summed E-state index contributed by atoms with van der Waals surface area (Å²) in [5.74, 6) is 0.0353. The molecule has 0 radical (unpaired) electrons. The number of aliphatic hydroxyl groups is 1. The average molecular weight is 290 g/mol. The van der Waals surface area contributed by atoms with Crippen LogP contribution >= 0.6 is 0 Å². The van der Waals surface area contributed by atoms with E-state index in [4.69, 9.17) is 5.11 Å². The number of amides is 1. The van der Waals surface area contributed by atoms with Crippen molar-refractivity contribution in [2.45, 2.75) is 31.1 Å². The van der Waals surface area contributed by atoms with Crippen LogP contribution in [0.1, 0.15) is 31.2 Å². The smallest absolute Gasteiger partial charge is 0.234 e. The number of benzene rings is 1. The average Bonchev–Trinajstić information content (AvgIpc) is 2.96. The summed E-state index contributed by atoms with van der Waals surface area (Å²) >= 11 is 0. The summed E-state index contributed by atoms with van der Waals surface area (Å²) in [4.78, 5) is 13.9. The largest absolute Gasteiger partial charge is 0.395 e. The molecule has 0 aromatic heterocycles. The topological polar surface area (TPSA) is 52.6 Å². The summed E-state index contributed by atoms with van der Waals surface area (Å²) < 4.78 is 0. The maximum absolute atomic E-state index is 12.0. The second-order valence-corrected chi connectivity index (χ2v) is 6.09. The molecule has 4 nitrogen and oxygen atoms in total. The minimum absolute atomic E-state index is 0.0353. The van der Waals surface area contributed by atoms with Crippen LogP contribution in [0.25, 0.3) is 0 Å². The molecule has 1 aromatic rings. The third-order valence-corrected chi connectivity index (χ3v) is 4.47. The van der Waals surface area contributed by atoms with Crippen LogP contribution in [0.4, 0.5) is 0 Å². The molecule has 1 aromatic carbocycles. The molecule has 0 heterocycles. The highest BCUT2D eigenvalue weighted by atomic mass is 16.3. The maximum Gasteiger partial charge on any atom is 0.234 e. The molecule has 1 aliphatic rings. The van der Waals surface area contributed by atoms with Crippen LogP contribution in [0.3, 0.4) is 0 Å². The summed E-state index contributed by atoms with van der Waals surface area (Å²) in [6.07, 6.45) is 4.75. The molecule has 0 bridgehead atoms. The van der Waals surface area contributed by atoms with Crippen molar-refractivity contribution >= 4 is 5.91 Å². The summed E-state index contributed by atoms with van der Waals surface area (Å²) in [5, 5.41) is 12.0. The molecule has 2 rings (SSSR count). The van der Waals surface area contributed by atoms with Gasteiger partial charge in [-0.25, -0.2) is 0 Å². The monoisotopic (exact) mass is 290 g/mol. The van der Waals surface area contributed by atoms with Crippen molar-refractivity contribution in [2.75, 3.05) is 33.3 Å². The minimum Gasteiger partial charge on any atom is -0.395 e. The van der Waals surface area contributed by atoms with Gasteiger partial charge < -0.3 is 10.4 Å². The van der Waals surface area contributed by atoms with Crippen LogP contribution < -0.4 is 5.32 Å². The SMILES string of the molecule is CN(CCO)CC(=O)NCC1(c2ccccc2)CCCC1. The van der Waals surface area contributed by atoms with E-state index in [1.165, 1.54) is 18.4 Å². The van der Waals surface area contributed by atoms with Crippen molar-refractivity contribution in [1.29, 1.82) is 0 Å². The zero-order valence-electron chi connectivity index (χ0n) is 12.8. The van der Waals surface area contributed by atoms with Gasteiger partial charge in [-0.2, -0.15) is 0 Å². The Labute approximate surface area is 127 Å². The van der Waals surface area contributed by atoms with Crippen molar-refractivity contribution in [3.63, 3.8) is 0 Å². The van der Waals surface area contributed by atoms with Crippen LogP contribution in [0.2, 0.25) is 0 Å². The van der Waals surface area contributed by atoms with Gasteiger partial charge in [0.05, 0.1) is 13.2 Å². The Morgan fingerprint density at radius 1 is 1.29 bits per heavy atom. The van der Waals surface area contributed by atoms with Gasteiger partial charge in [0, 0.05) is 18.5 Å². The first-order valence-corrected chi connectivity index (χ1v) is 7.78. The highest BCUT2D eigenvalue weighted by molar-refractivity contribution is 5.78. The first kappa shape index (κ1) is 16.0. The number of rotatable bonds is 7. The molecule has 1 amide bonds. The molecule has 4 heteroatoms. The van der Waals surface area contributed by atoms with Gasteiger partial charge in [-0.3, -0.25) is 9.69 Å². The predicted octanol–water partition coefficient (Wildman–Crippen LogP) is 1.54. The van der Waals surface area contributed by atoms with Gasteiger partial charge >= 0.3 is 0 Å². The van der Waals surface area contributed by atoms with Gasteiger partial charge in [0.1, 0.15) is 0 Å². The van der Waals surface area contributed by atoms with Crippen molar-refractivity contribution in [2.24, 2.45) is 0 Å². The molecule has 2 N–H and O–H groups in total. The number of carbonyl (C=O) groups excluding carboxylic acids is 1. The number of hydrogen-bond donors (Lipinski definition) is 2. The van der Waals surface area contributed by atoms with Crippen molar-refractivity contribution in [3.8, 4) is 0 Å². The van der Waals surface area contributed by atoms with Gasteiger partial charge in [-0.05, 0) is 25.5 Å². The van der Waals surface area contributed by atoms with Crippen LogP contribution in [-0.2, 0) is 10.2 Å². The van der Waals surface area contributed by atoms with E-state index < -0.39 is 0 Å². The van der Waals surface area contributed by atoms with Crippen LogP contribution in [0, 0.1) is 0 Å². The first-order valence-electron chi connectivity index (χ1n) is 7.78. The first-order chi connectivity index (χ1) is 10.2. The molecular weight excluding hydrogens is 264 g/mol. The number of likely N-dealkylation sites (N-methyl/N-ethyl adjacent to an activating group) is 1. The Morgan fingerprint density at radius 2 is 1.95 bits per heavy atom. The molecule has 116 valence electrons. The second kappa shape index (κ2) is 7.57. The Balaban J connectivity index is 1.94. The number of nitrogens with zero attached hydrogens (tertiary/aromatic N) is 1. The van der Waals surface area contributed by atoms with E-state index in [0.29, 0.717) is 19.6 Å². The Hall–Kier alpha value is -1.39. The lowest BCUT2D eigenvalue weighted by Gasteiger charge is -2.30. The lowest BCUT2D eigenvalue weighted by atomic mass is 9.79. The number of nitrogens with one attached hydrogen (secondary N) is 1. The van der Waals surface area contributed by atoms with Gasteiger partial charge in [0.15, 0.2) is 0 Å². The number of carbonyl (C=O) groups is 1. The van der Waals surface area contributed by atoms with Crippen LogP contribution in [0.15, 0.2) is 30.3 Å². The van der Waals surface area contributed by atoms with E-state index >= 15 is 0 Å². The fourth-order valence-corrected chi connectivity index (χ4v) is 3.23. The van der Waals surface area contributed by atoms with E-state index in [1.54, 1.807) is 0 Å². The minimum atomic E-state index is 0.0353. The molecule has 0 saturated heterocycles. The highest BCUT2D eigenvalue weighted by Gasteiger charge is 2.35. The van der Waals surface area contributed by atoms with E-state index in [2.05, 4.69) is 29.6 Å². The third-order valence-electron chi connectivity index (χ3n) is 4.47. The zero-order valence-corrected chi connectivity index (χ0v) is 12.8. The standard InChI is InChI=1S/C17H26N2O2/c1-19(11-12-20)13-16(21)18-14-17(9-5-6-10-17)15-7-3-2-4-8-15/h2-4,7-8,20H,5-6,9-14H2,1H3,(H,18,21). The van der Waals surface area contributed by atoms with Gasteiger partial charge in [0.2, 0.25) is 5.91 Å². The molecule has 1 saturated carbocycles. The zero-order chi connectivity index (χ0) is 15.1.